The predicted molar refractivity (Wildman–Crippen MR) is 70.6 cm³/mol. The van der Waals surface area contributed by atoms with Crippen molar-refractivity contribution in [2.75, 3.05) is 13.6 Å². The Hall–Kier alpha value is 0.557. The predicted octanol–water partition coefficient (Wildman–Crippen LogP) is 3.50. The number of rotatable bonds is 2. The summed E-state index contributed by atoms with van der Waals surface area (Å²) in [5, 5.41) is 1.34. The zero-order valence-corrected chi connectivity index (χ0v) is 11.8. The fourth-order valence-corrected chi connectivity index (χ4v) is 2.01. The third kappa shape index (κ3) is 5.43. The van der Waals surface area contributed by atoms with E-state index >= 15 is 0 Å². The molecule has 1 rings (SSSR count). The molecule has 1 heterocycles. The number of hydrogen-bond donors (Lipinski definition) is 0. The maximum atomic E-state index is 2.47. The molecule has 0 aliphatic carbocycles. The van der Waals surface area contributed by atoms with Gasteiger partial charge in [-0.15, -0.1) is 0 Å². The fraction of sp³-hybridized carbons (Fsp3) is 1.00. The van der Waals surface area contributed by atoms with Crippen molar-refractivity contribution < 1.29 is 0 Å². The molecule has 0 amide bonds. The van der Waals surface area contributed by atoms with Crippen molar-refractivity contribution in [2.45, 2.75) is 64.0 Å². The molecule has 1 aliphatic heterocycles. The van der Waals surface area contributed by atoms with Crippen molar-refractivity contribution in [1.82, 2.24) is 4.90 Å². The normalized spacial score (nSPS) is 25.7. The summed E-state index contributed by atoms with van der Waals surface area (Å²) in [6.07, 6.45) is 5.51. The van der Waals surface area contributed by atoms with E-state index in [4.69, 9.17) is 0 Å². The van der Waals surface area contributed by atoms with Gasteiger partial charge in [0, 0.05) is 5.54 Å². The van der Waals surface area contributed by atoms with Gasteiger partial charge in [-0.1, -0.05) is 6.92 Å². The average Bonchev–Trinajstić information content (AvgIpc) is 2.17. The Bertz CT molecular complexity index is 143. The van der Waals surface area contributed by atoms with Crippen LogP contribution in [0.1, 0.15) is 53.4 Å². The monoisotopic (exact) mass is 205 g/mol. The van der Waals surface area contributed by atoms with Crippen LogP contribution in [-0.4, -0.2) is 41.7 Å². The van der Waals surface area contributed by atoms with Crippen LogP contribution in [0.2, 0.25) is 5.09 Å². The topological polar surface area (TPSA) is 3.24 Å². The van der Waals surface area contributed by atoms with E-state index in [2.05, 4.69) is 57.4 Å². The summed E-state index contributed by atoms with van der Waals surface area (Å²) in [5.74, 6) is 0.853. The van der Waals surface area contributed by atoms with E-state index in [0.29, 0.717) is 5.54 Å². The van der Waals surface area contributed by atoms with Gasteiger partial charge in [0.1, 0.15) is 0 Å². The minimum absolute atomic E-state index is 0.429. The fourth-order valence-electron chi connectivity index (χ4n) is 2.01. The van der Waals surface area contributed by atoms with Crippen molar-refractivity contribution >= 4 is 17.7 Å². The molecule has 0 aromatic rings. The second-order valence-electron chi connectivity index (χ2n) is 5.47. The molecule has 0 aromatic heterocycles. The molecule has 0 saturated carbocycles. The van der Waals surface area contributed by atoms with Gasteiger partial charge in [0.15, 0.2) is 0 Å². The van der Waals surface area contributed by atoms with E-state index in [9.17, 15) is 0 Å². The van der Waals surface area contributed by atoms with E-state index in [0.717, 1.165) is 5.92 Å². The Morgan fingerprint density at radius 1 is 1.40 bits per heavy atom. The Labute approximate surface area is 106 Å². The van der Waals surface area contributed by atoms with E-state index in [-0.39, 0.29) is 0 Å². The van der Waals surface area contributed by atoms with Crippen LogP contribution in [0, 0.1) is 5.92 Å². The number of nitrogens with zero attached hydrogens (tertiary/aromatic N) is 1. The summed E-state index contributed by atoms with van der Waals surface area (Å²) < 4.78 is 0. The first-order valence-corrected chi connectivity index (χ1v) is 6.68. The van der Waals surface area contributed by atoms with E-state index < -0.39 is 0 Å². The molecule has 1 saturated heterocycles. The van der Waals surface area contributed by atoms with Crippen LogP contribution in [-0.2, 0) is 0 Å². The van der Waals surface area contributed by atoms with Crippen LogP contribution >= 0.6 is 0 Å². The van der Waals surface area contributed by atoms with Gasteiger partial charge < -0.3 is 4.90 Å². The molecule has 1 unspecified atom stereocenters. The van der Waals surface area contributed by atoms with Crippen molar-refractivity contribution in [3.63, 3.8) is 0 Å². The van der Waals surface area contributed by atoms with Crippen LogP contribution in [0.3, 0.4) is 0 Å². The molecule has 0 spiro atoms. The molecule has 86 valence electrons. The Kier molecular flexibility index (Phi) is 8.06. The standard InChI is InChI=1S/C9H19N.C4H9.Li/c1-8-6-5-7-10(4)9(8,2)3;1-3-4-2;/h8H,5-7H2,1-4H3;1,3-4H2,2H3;. The third-order valence-corrected chi connectivity index (χ3v) is 4.03. The van der Waals surface area contributed by atoms with Crippen molar-refractivity contribution in [2.24, 2.45) is 5.92 Å². The van der Waals surface area contributed by atoms with Crippen molar-refractivity contribution in [1.29, 1.82) is 0 Å². The number of unbranched alkanes of at least 4 members (excludes halogenated alkanes) is 1. The molecule has 0 N–H and O–H groups in total. The van der Waals surface area contributed by atoms with Gasteiger partial charge >= 0.3 is 42.6 Å². The number of likely N-dealkylation sites (tertiary alicyclic amines) is 1. The number of hydrogen-bond acceptors (Lipinski definition) is 1. The number of piperidine rings is 1. The maximum absolute atomic E-state index is 2.47. The summed E-state index contributed by atoms with van der Waals surface area (Å²) in [4.78, 5) is 2.47. The van der Waals surface area contributed by atoms with Gasteiger partial charge in [-0.2, -0.15) is 0 Å². The van der Waals surface area contributed by atoms with Gasteiger partial charge in [0.2, 0.25) is 0 Å². The third-order valence-electron chi connectivity index (χ3n) is 4.03. The first-order chi connectivity index (χ1) is 6.96. The molecule has 1 fully saturated rings. The van der Waals surface area contributed by atoms with Crippen LogP contribution in [0.25, 0.3) is 0 Å². The quantitative estimate of drug-likeness (QED) is 0.624. The molecule has 1 atom stereocenters. The molecule has 0 bridgehead atoms. The zero-order valence-electron chi connectivity index (χ0n) is 11.8. The zero-order chi connectivity index (χ0) is 11.9. The van der Waals surface area contributed by atoms with Gasteiger partial charge in [-0.25, -0.2) is 0 Å². The van der Waals surface area contributed by atoms with Crippen molar-refractivity contribution in [3.8, 4) is 0 Å². The molecular weight excluding hydrogens is 177 g/mol. The van der Waals surface area contributed by atoms with Crippen LogP contribution in [0.5, 0.6) is 0 Å². The van der Waals surface area contributed by atoms with Gasteiger partial charge in [0.25, 0.3) is 0 Å². The van der Waals surface area contributed by atoms with E-state index in [1.807, 2.05) is 0 Å². The average molecular weight is 205 g/mol. The summed E-state index contributed by atoms with van der Waals surface area (Å²) in [7, 11) is 2.23. The van der Waals surface area contributed by atoms with Gasteiger partial charge in [-0.05, 0) is 46.2 Å². The first-order valence-electron chi connectivity index (χ1n) is 6.68. The van der Waals surface area contributed by atoms with Crippen molar-refractivity contribution in [3.05, 3.63) is 0 Å². The summed E-state index contributed by atoms with van der Waals surface area (Å²) >= 11 is 2.21. The molecular formula is C13H28LiN. The van der Waals surface area contributed by atoms with Gasteiger partial charge in [-0.3, -0.25) is 0 Å². The second kappa shape index (κ2) is 7.77. The summed E-state index contributed by atoms with van der Waals surface area (Å²) in [5.41, 5.74) is 0.429. The Morgan fingerprint density at radius 2 is 2.00 bits per heavy atom. The summed E-state index contributed by atoms with van der Waals surface area (Å²) in [6, 6.07) is 0. The van der Waals surface area contributed by atoms with Crippen LogP contribution in [0.15, 0.2) is 0 Å². The first kappa shape index (κ1) is 15.6. The van der Waals surface area contributed by atoms with Crippen LogP contribution in [0.4, 0.5) is 0 Å². The van der Waals surface area contributed by atoms with Crippen LogP contribution < -0.4 is 0 Å². The summed E-state index contributed by atoms with van der Waals surface area (Å²) in [6.45, 7) is 10.5. The Morgan fingerprint density at radius 3 is 2.27 bits per heavy atom. The Balaban J connectivity index is 0.000000336. The molecule has 1 nitrogen and oxygen atoms in total. The molecule has 0 radical (unpaired) electrons. The van der Waals surface area contributed by atoms with E-state index in [1.165, 1.54) is 37.3 Å². The molecule has 2 heteroatoms. The molecule has 0 aromatic carbocycles. The molecule has 15 heavy (non-hydrogen) atoms. The SMILES string of the molecule is CC1CCCN(C)C1(C)C.[Li][CH2]CCC. The minimum atomic E-state index is 0.429. The van der Waals surface area contributed by atoms with E-state index in [1.54, 1.807) is 0 Å². The molecule has 1 aliphatic rings. The van der Waals surface area contributed by atoms with Gasteiger partial charge in [0.05, 0.1) is 0 Å². The second-order valence-corrected chi connectivity index (χ2v) is 5.47.